The minimum atomic E-state index is -5.49. The van der Waals surface area contributed by atoms with E-state index in [0.717, 1.165) is 0 Å². The fourth-order valence-electron chi connectivity index (χ4n) is 1.33. The maximum absolute atomic E-state index is 11.2. The summed E-state index contributed by atoms with van der Waals surface area (Å²) >= 11 is 0. The van der Waals surface area contributed by atoms with Crippen molar-refractivity contribution in [2.24, 2.45) is 5.73 Å². The highest BCUT2D eigenvalue weighted by atomic mass is 31.2. The predicted octanol–water partition coefficient (Wildman–Crippen LogP) is -3.04. The van der Waals surface area contributed by atoms with E-state index in [1.165, 1.54) is 0 Å². The molecule has 14 heteroatoms. The first-order chi connectivity index (χ1) is 9.85. The predicted molar refractivity (Wildman–Crippen MR) is 73.3 cm³/mol. The van der Waals surface area contributed by atoms with Crippen molar-refractivity contribution in [1.82, 2.24) is 10.6 Å². The zero-order valence-electron chi connectivity index (χ0n) is 11.4. The van der Waals surface area contributed by atoms with Crippen LogP contribution in [-0.2, 0) is 18.7 Å². The average Bonchev–Trinajstić information content (AvgIpc) is 2.37. The van der Waals surface area contributed by atoms with Crippen molar-refractivity contribution in [2.45, 2.75) is 17.9 Å². The van der Waals surface area contributed by atoms with Gasteiger partial charge in [0.25, 0.3) is 5.08 Å². The maximum Gasteiger partial charge on any atom is 0.369 e. The molecular weight excluding hydrogens is 344 g/mol. The Morgan fingerprint density at radius 2 is 1.50 bits per heavy atom. The number of carbonyl (C=O) groups excluding carboxylic acids is 2. The molecule has 0 aromatic rings. The molecule has 0 unspecified atom stereocenters. The molecule has 0 radical (unpaired) electrons. The van der Waals surface area contributed by atoms with Crippen LogP contribution in [-0.4, -0.2) is 61.2 Å². The third kappa shape index (κ3) is 6.11. The van der Waals surface area contributed by atoms with Gasteiger partial charge in [-0.2, -0.15) is 0 Å². The summed E-state index contributed by atoms with van der Waals surface area (Å²) < 4.78 is 22.1. The third-order valence-corrected chi connectivity index (χ3v) is 6.45. The number of hydrogen-bond donors (Lipinski definition) is 8. The van der Waals surface area contributed by atoms with Crippen LogP contribution in [0.1, 0.15) is 12.8 Å². The number of nitrogens with two attached hydrogens (primary N) is 1. The van der Waals surface area contributed by atoms with Crippen LogP contribution in [0.2, 0.25) is 0 Å². The van der Waals surface area contributed by atoms with Gasteiger partial charge in [-0.15, -0.1) is 0 Å². The van der Waals surface area contributed by atoms with Crippen molar-refractivity contribution in [3.05, 3.63) is 0 Å². The number of rotatable bonds is 9. The van der Waals surface area contributed by atoms with Crippen molar-refractivity contribution in [3.63, 3.8) is 0 Å². The van der Waals surface area contributed by atoms with E-state index in [1.54, 1.807) is 0 Å². The Morgan fingerprint density at radius 3 is 1.91 bits per heavy atom. The summed E-state index contributed by atoms with van der Waals surface area (Å²) in [5, 5.41) is 10.4. The van der Waals surface area contributed by atoms with Crippen molar-refractivity contribution in [2.75, 3.05) is 19.6 Å². The van der Waals surface area contributed by atoms with E-state index in [-0.39, 0.29) is 26.1 Å². The largest absolute Gasteiger partial charge is 0.369 e. The summed E-state index contributed by atoms with van der Waals surface area (Å²) in [5.74, 6) is -1.20. The van der Waals surface area contributed by atoms with Gasteiger partial charge < -0.3 is 41.0 Å². The molecule has 0 spiro atoms. The van der Waals surface area contributed by atoms with Gasteiger partial charge in [-0.05, 0) is 6.42 Å². The van der Waals surface area contributed by atoms with Gasteiger partial charge in [0.15, 0.2) is 0 Å². The van der Waals surface area contributed by atoms with Crippen LogP contribution in [0.15, 0.2) is 0 Å². The number of nitrogens with one attached hydrogen (secondary N) is 2. The van der Waals surface area contributed by atoms with Crippen LogP contribution >= 0.6 is 15.2 Å². The zero-order valence-corrected chi connectivity index (χ0v) is 13.2. The van der Waals surface area contributed by atoms with E-state index in [9.17, 15) is 23.8 Å². The van der Waals surface area contributed by atoms with E-state index < -0.39 is 38.5 Å². The molecule has 9 N–H and O–H groups in total. The molecule has 0 rings (SSSR count). The fraction of sp³-hybridized carbons (Fsp3) is 0.750. The summed E-state index contributed by atoms with van der Waals surface area (Å²) in [7, 11) is -11.0. The highest BCUT2D eigenvalue weighted by molar-refractivity contribution is 7.72. The lowest BCUT2D eigenvalue weighted by molar-refractivity contribution is -0.125. The van der Waals surface area contributed by atoms with Crippen LogP contribution in [0.4, 0.5) is 0 Å². The molecule has 0 atom stereocenters. The van der Waals surface area contributed by atoms with E-state index >= 15 is 0 Å². The SMILES string of the molecule is NCC(=O)NCC(=O)NCCCC(O)(P(=O)(O)O)P(=O)(O)O. The standard InChI is InChI=1S/C8H19N3O9P2/c9-4-6(12)11-5-7(13)10-3-1-2-8(14,21(15,16)17)22(18,19)20/h14H,1-5,9H2,(H,10,13)(H,11,12)(H2,15,16,17)(H2,18,19,20). The molecule has 0 fully saturated rings. The lowest BCUT2D eigenvalue weighted by Crippen LogP contribution is -2.40. The fourth-order valence-corrected chi connectivity index (χ4v) is 3.58. The molecule has 0 aliphatic heterocycles. The summed E-state index contributed by atoms with van der Waals surface area (Å²) in [5.41, 5.74) is 4.99. The molecule has 0 saturated heterocycles. The topological polar surface area (TPSA) is 220 Å². The summed E-state index contributed by atoms with van der Waals surface area (Å²) in [6, 6.07) is 0. The third-order valence-electron chi connectivity index (χ3n) is 2.58. The van der Waals surface area contributed by atoms with Gasteiger partial charge in [0.05, 0.1) is 13.1 Å². The lowest BCUT2D eigenvalue weighted by atomic mass is 10.3. The van der Waals surface area contributed by atoms with Gasteiger partial charge in [0.2, 0.25) is 11.8 Å². The van der Waals surface area contributed by atoms with E-state index in [1.807, 2.05) is 0 Å². The van der Waals surface area contributed by atoms with Crippen LogP contribution in [0, 0.1) is 0 Å². The summed E-state index contributed by atoms with van der Waals surface area (Å²) in [6.07, 6.45) is -1.25. The summed E-state index contributed by atoms with van der Waals surface area (Å²) in [6.45, 7) is -0.901. The van der Waals surface area contributed by atoms with Gasteiger partial charge in [-0.1, -0.05) is 0 Å². The second-order valence-electron chi connectivity index (χ2n) is 4.30. The Morgan fingerprint density at radius 1 is 1.00 bits per heavy atom. The Bertz CT molecular complexity index is 477. The quantitative estimate of drug-likeness (QED) is 0.153. The number of amides is 2. The second kappa shape index (κ2) is 8.14. The average molecular weight is 363 g/mol. The van der Waals surface area contributed by atoms with E-state index in [4.69, 9.17) is 25.3 Å². The molecule has 12 nitrogen and oxygen atoms in total. The molecule has 0 aliphatic carbocycles. The maximum atomic E-state index is 11.2. The monoisotopic (exact) mass is 363 g/mol. The Balaban J connectivity index is 4.39. The molecule has 0 saturated carbocycles. The van der Waals surface area contributed by atoms with Gasteiger partial charge in [-0.3, -0.25) is 18.7 Å². The molecule has 0 aromatic carbocycles. The molecular formula is C8H19N3O9P2. The highest BCUT2D eigenvalue weighted by Crippen LogP contribution is 2.69. The van der Waals surface area contributed by atoms with Gasteiger partial charge in [0.1, 0.15) is 0 Å². The molecule has 0 aliphatic rings. The first kappa shape index (κ1) is 21.2. The molecule has 0 heterocycles. The number of aliphatic hydroxyl groups is 1. The number of hydrogen-bond acceptors (Lipinski definition) is 6. The Kier molecular flexibility index (Phi) is 7.83. The molecule has 130 valence electrons. The zero-order chi connectivity index (χ0) is 17.6. The van der Waals surface area contributed by atoms with Crippen molar-refractivity contribution < 1.29 is 43.4 Å². The minimum absolute atomic E-state index is 0.223. The summed E-state index contributed by atoms with van der Waals surface area (Å²) in [4.78, 5) is 57.5. The number of carbonyl (C=O) groups is 2. The highest BCUT2D eigenvalue weighted by Gasteiger charge is 2.58. The first-order valence-corrected chi connectivity index (χ1v) is 9.14. The molecule has 0 bridgehead atoms. The molecule has 22 heavy (non-hydrogen) atoms. The Hall–Kier alpha value is -0.840. The van der Waals surface area contributed by atoms with Crippen LogP contribution in [0.25, 0.3) is 0 Å². The second-order valence-corrected chi connectivity index (χ2v) is 8.31. The van der Waals surface area contributed by atoms with Crippen molar-refractivity contribution >= 4 is 27.0 Å². The van der Waals surface area contributed by atoms with Crippen molar-refractivity contribution in [1.29, 1.82) is 0 Å². The molecule has 2 amide bonds. The van der Waals surface area contributed by atoms with E-state index in [0.29, 0.717) is 0 Å². The first-order valence-electron chi connectivity index (χ1n) is 5.92. The Labute approximate surface area is 125 Å². The van der Waals surface area contributed by atoms with Gasteiger partial charge >= 0.3 is 15.2 Å². The minimum Gasteiger partial charge on any atom is -0.368 e. The van der Waals surface area contributed by atoms with E-state index in [2.05, 4.69) is 10.6 Å². The van der Waals surface area contributed by atoms with Crippen LogP contribution in [0.5, 0.6) is 0 Å². The molecule has 0 aromatic heterocycles. The van der Waals surface area contributed by atoms with Crippen molar-refractivity contribution in [3.8, 4) is 0 Å². The van der Waals surface area contributed by atoms with Gasteiger partial charge in [0, 0.05) is 13.0 Å². The normalized spacial score (nSPS) is 12.8. The van der Waals surface area contributed by atoms with Crippen LogP contribution < -0.4 is 16.4 Å². The smallest absolute Gasteiger partial charge is 0.368 e. The van der Waals surface area contributed by atoms with Gasteiger partial charge in [-0.25, -0.2) is 0 Å². The van der Waals surface area contributed by atoms with Crippen LogP contribution in [0.3, 0.4) is 0 Å². The lowest BCUT2D eigenvalue weighted by Gasteiger charge is -2.29.